The Hall–Kier alpha value is -2.09. The van der Waals surface area contributed by atoms with Crippen LogP contribution in [0.5, 0.6) is 0 Å². The fourth-order valence-corrected chi connectivity index (χ4v) is 3.06. The summed E-state index contributed by atoms with van der Waals surface area (Å²) in [6, 6.07) is 1.69. The van der Waals surface area contributed by atoms with Crippen LogP contribution in [0.1, 0.15) is 33.1 Å². The fraction of sp³-hybridized carbons (Fsp3) is 0.579. The summed E-state index contributed by atoms with van der Waals surface area (Å²) >= 11 is 0. The first-order valence-corrected chi connectivity index (χ1v) is 9.25. The highest BCUT2D eigenvalue weighted by Crippen LogP contribution is 2.20. The number of hydrogen-bond acceptors (Lipinski definition) is 3. The summed E-state index contributed by atoms with van der Waals surface area (Å²) in [4.78, 5) is 28.2. The lowest BCUT2D eigenvalue weighted by Gasteiger charge is -2.31. The molecule has 1 aliphatic rings. The lowest BCUT2D eigenvalue weighted by Crippen LogP contribution is -2.46. The Morgan fingerprint density at radius 3 is 2.48 bits per heavy atom. The summed E-state index contributed by atoms with van der Waals surface area (Å²) in [6.45, 7) is 6.12. The van der Waals surface area contributed by atoms with Gasteiger partial charge in [-0.25, -0.2) is 13.2 Å². The predicted octanol–water partition coefficient (Wildman–Crippen LogP) is 3.01. The van der Waals surface area contributed by atoms with Crippen molar-refractivity contribution in [2.75, 3.05) is 38.0 Å². The minimum Gasteiger partial charge on any atom is -0.332 e. The van der Waals surface area contributed by atoms with Gasteiger partial charge in [0.2, 0.25) is 11.8 Å². The van der Waals surface area contributed by atoms with Gasteiger partial charge < -0.3 is 10.2 Å². The Morgan fingerprint density at radius 1 is 1.19 bits per heavy atom. The van der Waals surface area contributed by atoms with Crippen molar-refractivity contribution in [1.82, 2.24) is 9.80 Å². The predicted molar refractivity (Wildman–Crippen MR) is 96.7 cm³/mol. The van der Waals surface area contributed by atoms with Gasteiger partial charge in [-0.3, -0.25) is 14.5 Å². The van der Waals surface area contributed by atoms with Gasteiger partial charge in [-0.15, -0.1) is 0 Å². The molecule has 5 nitrogen and oxygen atoms in total. The molecule has 1 N–H and O–H groups in total. The number of amides is 2. The maximum atomic E-state index is 13.7. The number of nitrogens with one attached hydrogen (secondary N) is 1. The third-order valence-corrected chi connectivity index (χ3v) is 4.73. The van der Waals surface area contributed by atoms with Crippen molar-refractivity contribution in [3.05, 3.63) is 29.6 Å². The minimum absolute atomic E-state index is 0.174. The summed E-state index contributed by atoms with van der Waals surface area (Å²) < 4.78 is 39.9. The van der Waals surface area contributed by atoms with Gasteiger partial charge in [-0.05, 0) is 50.4 Å². The second kappa shape index (κ2) is 9.73. The fourth-order valence-electron chi connectivity index (χ4n) is 3.06. The van der Waals surface area contributed by atoms with Crippen LogP contribution in [0.25, 0.3) is 0 Å². The summed E-state index contributed by atoms with van der Waals surface area (Å²) in [5.41, 5.74) is -0.451. The summed E-state index contributed by atoms with van der Waals surface area (Å²) in [7, 11) is 0. The van der Waals surface area contributed by atoms with Crippen molar-refractivity contribution >= 4 is 17.5 Å². The van der Waals surface area contributed by atoms with Crippen LogP contribution < -0.4 is 5.32 Å². The van der Waals surface area contributed by atoms with Crippen molar-refractivity contribution in [2.24, 2.45) is 5.92 Å². The molecular weight excluding hydrogens is 359 g/mol. The molecule has 8 heteroatoms. The van der Waals surface area contributed by atoms with E-state index in [1.54, 1.807) is 0 Å². The molecule has 0 atom stereocenters. The third kappa shape index (κ3) is 5.95. The highest BCUT2D eigenvalue weighted by molar-refractivity contribution is 5.94. The molecule has 2 amide bonds. The van der Waals surface area contributed by atoms with E-state index >= 15 is 0 Å². The zero-order chi connectivity index (χ0) is 20.0. The van der Waals surface area contributed by atoms with Crippen LogP contribution in [-0.2, 0) is 9.59 Å². The SMILES string of the molecule is CCCN(CC(=O)Nc1ccc(F)c(F)c1F)C(=O)CN1CCC(C)CC1. The molecule has 1 aliphatic heterocycles. The molecule has 1 aromatic rings. The molecule has 0 aliphatic carbocycles. The summed E-state index contributed by atoms with van der Waals surface area (Å²) in [5, 5.41) is 2.20. The Labute approximate surface area is 157 Å². The number of rotatable bonds is 7. The molecule has 0 unspecified atom stereocenters. The number of anilines is 1. The lowest BCUT2D eigenvalue weighted by atomic mass is 9.99. The molecule has 1 fully saturated rings. The largest absolute Gasteiger partial charge is 0.332 e. The summed E-state index contributed by atoms with van der Waals surface area (Å²) in [6.07, 6.45) is 2.74. The first-order chi connectivity index (χ1) is 12.8. The van der Waals surface area contributed by atoms with Crippen LogP contribution in [0.15, 0.2) is 12.1 Å². The van der Waals surface area contributed by atoms with E-state index in [4.69, 9.17) is 0 Å². The monoisotopic (exact) mass is 385 g/mol. The van der Waals surface area contributed by atoms with Crippen molar-refractivity contribution in [3.8, 4) is 0 Å². The zero-order valence-electron chi connectivity index (χ0n) is 15.7. The van der Waals surface area contributed by atoms with Crippen LogP contribution in [0.2, 0.25) is 0 Å². The minimum atomic E-state index is -1.64. The molecule has 0 aromatic heterocycles. The topological polar surface area (TPSA) is 52.7 Å². The number of benzene rings is 1. The number of likely N-dealkylation sites (tertiary alicyclic amines) is 1. The van der Waals surface area contributed by atoms with E-state index in [1.807, 2.05) is 6.92 Å². The highest BCUT2D eigenvalue weighted by Gasteiger charge is 2.23. The summed E-state index contributed by atoms with van der Waals surface area (Å²) in [5.74, 6) is -4.61. The Morgan fingerprint density at radius 2 is 1.85 bits per heavy atom. The first kappa shape index (κ1) is 21.2. The quantitative estimate of drug-likeness (QED) is 0.734. The van der Waals surface area contributed by atoms with Crippen molar-refractivity contribution in [3.63, 3.8) is 0 Å². The Balaban J connectivity index is 1.95. The van der Waals surface area contributed by atoms with E-state index in [9.17, 15) is 22.8 Å². The second-order valence-electron chi connectivity index (χ2n) is 7.05. The van der Waals surface area contributed by atoms with E-state index in [0.29, 0.717) is 18.9 Å². The first-order valence-electron chi connectivity index (χ1n) is 9.25. The number of piperidine rings is 1. The van der Waals surface area contributed by atoms with Crippen LogP contribution in [0.4, 0.5) is 18.9 Å². The standard InChI is InChI=1S/C19H26F3N3O2/c1-3-8-25(17(27)12-24-9-6-13(2)7-10-24)11-16(26)23-15-5-4-14(20)18(21)19(15)22/h4-5,13H,3,6-12H2,1-2H3,(H,23,26). The van der Waals surface area contributed by atoms with Gasteiger partial charge in [0.05, 0.1) is 18.8 Å². The molecule has 150 valence electrons. The smallest absolute Gasteiger partial charge is 0.244 e. The van der Waals surface area contributed by atoms with Crippen LogP contribution >= 0.6 is 0 Å². The molecule has 1 saturated heterocycles. The zero-order valence-corrected chi connectivity index (χ0v) is 15.7. The molecule has 0 saturated carbocycles. The van der Waals surface area contributed by atoms with E-state index < -0.39 is 29.0 Å². The molecule has 0 bridgehead atoms. The maximum absolute atomic E-state index is 13.7. The molecule has 0 radical (unpaired) electrons. The number of halogens is 3. The molecule has 2 rings (SSSR count). The van der Waals surface area contributed by atoms with Crippen molar-refractivity contribution in [2.45, 2.75) is 33.1 Å². The van der Waals surface area contributed by atoms with E-state index in [0.717, 1.165) is 38.1 Å². The molecule has 0 spiro atoms. The van der Waals surface area contributed by atoms with Gasteiger partial charge in [-0.1, -0.05) is 13.8 Å². The number of hydrogen-bond donors (Lipinski definition) is 1. The maximum Gasteiger partial charge on any atom is 0.244 e. The van der Waals surface area contributed by atoms with Crippen LogP contribution in [0.3, 0.4) is 0 Å². The van der Waals surface area contributed by atoms with E-state index in [2.05, 4.69) is 17.1 Å². The van der Waals surface area contributed by atoms with Gasteiger partial charge in [0.25, 0.3) is 0 Å². The van der Waals surface area contributed by atoms with Crippen LogP contribution in [0, 0.1) is 23.4 Å². The van der Waals surface area contributed by atoms with Gasteiger partial charge in [0.1, 0.15) is 0 Å². The third-order valence-electron chi connectivity index (χ3n) is 4.73. The van der Waals surface area contributed by atoms with E-state index in [-0.39, 0.29) is 19.0 Å². The molecule has 1 aromatic carbocycles. The lowest BCUT2D eigenvalue weighted by molar-refractivity contribution is -0.136. The van der Waals surface area contributed by atoms with Gasteiger partial charge in [-0.2, -0.15) is 0 Å². The number of carbonyl (C=O) groups is 2. The highest BCUT2D eigenvalue weighted by atomic mass is 19.2. The van der Waals surface area contributed by atoms with Gasteiger partial charge in [0.15, 0.2) is 17.5 Å². The van der Waals surface area contributed by atoms with E-state index in [1.165, 1.54) is 4.90 Å². The van der Waals surface area contributed by atoms with Crippen molar-refractivity contribution < 1.29 is 22.8 Å². The normalized spacial score (nSPS) is 15.6. The second-order valence-corrected chi connectivity index (χ2v) is 7.05. The number of nitrogens with zero attached hydrogens (tertiary/aromatic N) is 2. The molecular formula is C19H26F3N3O2. The Bertz CT molecular complexity index is 676. The van der Waals surface area contributed by atoms with Crippen molar-refractivity contribution in [1.29, 1.82) is 0 Å². The van der Waals surface area contributed by atoms with Gasteiger partial charge >= 0.3 is 0 Å². The molecule has 27 heavy (non-hydrogen) atoms. The molecule has 1 heterocycles. The average Bonchev–Trinajstić information content (AvgIpc) is 2.63. The van der Waals surface area contributed by atoms with Crippen LogP contribution in [-0.4, -0.2) is 54.3 Å². The average molecular weight is 385 g/mol. The van der Waals surface area contributed by atoms with Gasteiger partial charge in [0, 0.05) is 6.54 Å². The Kier molecular flexibility index (Phi) is 7.65. The number of carbonyl (C=O) groups excluding carboxylic acids is 2.